The van der Waals surface area contributed by atoms with Gasteiger partial charge in [-0.3, -0.25) is 0 Å². The number of aromatic hydroxyl groups is 2. The van der Waals surface area contributed by atoms with Crippen LogP contribution in [0.2, 0.25) is 5.02 Å². The molecule has 11 heavy (non-hydrogen) atoms. The Kier molecular flexibility index (Phi) is 1.70. The van der Waals surface area contributed by atoms with Gasteiger partial charge in [0.25, 0.3) is 0 Å². The molecule has 4 nitrogen and oxygen atoms in total. The van der Waals surface area contributed by atoms with Crippen molar-refractivity contribution in [2.45, 2.75) is 0 Å². The predicted molar refractivity (Wildman–Crippen MR) is 43.6 cm³/mol. The third-order valence-corrected chi connectivity index (χ3v) is 1.68. The third kappa shape index (κ3) is 1.12. The monoisotopic (exact) mass is 174 g/mol. The first kappa shape index (κ1) is 7.81. The van der Waals surface area contributed by atoms with Crippen molar-refractivity contribution in [2.24, 2.45) is 0 Å². The maximum Gasteiger partial charge on any atom is 0.163 e. The second-order valence-electron chi connectivity index (χ2n) is 2.06. The molecule has 0 saturated heterocycles. The van der Waals surface area contributed by atoms with Crippen molar-refractivity contribution in [3.8, 4) is 11.5 Å². The van der Waals surface area contributed by atoms with Crippen LogP contribution in [0.1, 0.15) is 0 Å². The van der Waals surface area contributed by atoms with Gasteiger partial charge in [-0.15, -0.1) is 0 Å². The molecule has 0 aromatic heterocycles. The molecule has 0 bridgehead atoms. The van der Waals surface area contributed by atoms with Crippen molar-refractivity contribution in [1.82, 2.24) is 0 Å². The smallest absolute Gasteiger partial charge is 0.163 e. The number of phenolic OH excluding ortho intramolecular Hbond substituents is 2. The summed E-state index contributed by atoms with van der Waals surface area (Å²) in [4.78, 5) is 0. The standard InChI is InChI=1S/C6H7ClN2O2/c7-4-2(8)1-3(10)5(9)6(4)11/h1,10-11H,8-9H2. The molecule has 0 heterocycles. The fourth-order valence-corrected chi connectivity index (χ4v) is 0.821. The van der Waals surface area contributed by atoms with Crippen LogP contribution in [0.15, 0.2) is 6.07 Å². The van der Waals surface area contributed by atoms with E-state index in [0.29, 0.717) is 0 Å². The normalized spacial score (nSPS) is 9.91. The van der Waals surface area contributed by atoms with Crippen molar-refractivity contribution in [1.29, 1.82) is 0 Å². The summed E-state index contributed by atoms with van der Waals surface area (Å²) in [6.45, 7) is 0. The van der Waals surface area contributed by atoms with Gasteiger partial charge >= 0.3 is 0 Å². The fourth-order valence-electron chi connectivity index (χ4n) is 0.665. The molecule has 0 radical (unpaired) electrons. The Morgan fingerprint density at radius 3 is 2.36 bits per heavy atom. The summed E-state index contributed by atoms with van der Waals surface area (Å²) in [6.07, 6.45) is 0. The Hall–Kier alpha value is -1.29. The predicted octanol–water partition coefficient (Wildman–Crippen LogP) is 0.916. The maximum absolute atomic E-state index is 9.07. The summed E-state index contributed by atoms with van der Waals surface area (Å²) >= 11 is 5.49. The molecule has 0 atom stereocenters. The Balaban J connectivity index is 3.46. The van der Waals surface area contributed by atoms with Gasteiger partial charge in [0.15, 0.2) is 5.75 Å². The van der Waals surface area contributed by atoms with Crippen molar-refractivity contribution in [3.63, 3.8) is 0 Å². The number of nitrogens with two attached hydrogens (primary N) is 2. The molecule has 1 aromatic rings. The highest BCUT2D eigenvalue weighted by Gasteiger charge is 2.10. The van der Waals surface area contributed by atoms with Gasteiger partial charge in [0.05, 0.1) is 5.69 Å². The molecule has 60 valence electrons. The highest BCUT2D eigenvalue weighted by Crippen LogP contribution is 2.40. The Bertz CT molecular complexity index is 275. The molecule has 1 rings (SSSR count). The zero-order chi connectivity index (χ0) is 8.59. The van der Waals surface area contributed by atoms with Gasteiger partial charge in [0.1, 0.15) is 16.5 Å². The van der Waals surface area contributed by atoms with Crippen molar-refractivity contribution in [3.05, 3.63) is 11.1 Å². The minimum absolute atomic E-state index is 0.0414. The summed E-state index contributed by atoms with van der Waals surface area (Å²) in [7, 11) is 0. The lowest BCUT2D eigenvalue weighted by atomic mass is 10.2. The Morgan fingerprint density at radius 1 is 1.27 bits per heavy atom. The molecule has 0 amide bonds. The zero-order valence-corrected chi connectivity index (χ0v) is 6.26. The van der Waals surface area contributed by atoms with Crippen LogP contribution >= 0.6 is 11.6 Å². The van der Waals surface area contributed by atoms with Gasteiger partial charge in [-0.1, -0.05) is 11.6 Å². The van der Waals surface area contributed by atoms with E-state index in [4.69, 9.17) is 33.3 Å². The highest BCUT2D eigenvalue weighted by molar-refractivity contribution is 6.35. The number of halogens is 1. The van der Waals surface area contributed by atoms with E-state index in [0.717, 1.165) is 0 Å². The highest BCUT2D eigenvalue weighted by atomic mass is 35.5. The second kappa shape index (κ2) is 2.39. The first-order valence-electron chi connectivity index (χ1n) is 2.79. The van der Waals surface area contributed by atoms with Gasteiger partial charge in [-0.05, 0) is 0 Å². The van der Waals surface area contributed by atoms with E-state index in [1.165, 1.54) is 6.07 Å². The topological polar surface area (TPSA) is 92.5 Å². The lowest BCUT2D eigenvalue weighted by Gasteiger charge is -2.05. The number of rotatable bonds is 0. The van der Waals surface area contributed by atoms with Crippen LogP contribution in [0.5, 0.6) is 11.5 Å². The zero-order valence-electron chi connectivity index (χ0n) is 5.50. The van der Waals surface area contributed by atoms with Crippen molar-refractivity contribution >= 4 is 23.0 Å². The molecule has 0 aliphatic rings. The van der Waals surface area contributed by atoms with Crippen LogP contribution in [-0.2, 0) is 0 Å². The lowest BCUT2D eigenvalue weighted by molar-refractivity contribution is 0.456. The van der Waals surface area contributed by atoms with Crippen LogP contribution in [0, 0.1) is 0 Å². The minimum atomic E-state index is -0.385. The molecule has 0 fully saturated rings. The summed E-state index contributed by atoms with van der Waals surface area (Å²) < 4.78 is 0. The molecular formula is C6H7ClN2O2. The first-order chi connectivity index (χ1) is 5.04. The summed E-state index contributed by atoms with van der Waals surface area (Å²) in [5.74, 6) is -0.659. The summed E-state index contributed by atoms with van der Waals surface area (Å²) in [5, 5.41) is 18.0. The van der Waals surface area contributed by atoms with E-state index >= 15 is 0 Å². The Labute approximate surface area is 68.0 Å². The molecular weight excluding hydrogens is 168 g/mol. The van der Waals surface area contributed by atoms with E-state index in [1.807, 2.05) is 0 Å². The van der Waals surface area contributed by atoms with Gasteiger partial charge in [-0.2, -0.15) is 0 Å². The average Bonchev–Trinajstić information content (AvgIpc) is 1.97. The van der Waals surface area contributed by atoms with Crippen molar-refractivity contribution in [2.75, 3.05) is 11.5 Å². The SMILES string of the molecule is Nc1cc(O)c(N)c(O)c1Cl. The van der Waals surface area contributed by atoms with E-state index < -0.39 is 0 Å². The molecule has 0 unspecified atom stereocenters. The maximum atomic E-state index is 9.07. The van der Waals surface area contributed by atoms with Gasteiger partial charge < -0.3 is 21.7 Å². The quantitative estimate of drug-likeness (QED) is 0.348. The van der Waals surface area contributed by atoms with E-state index in [2.05, 4.69) is 0 Å². The van der Waals surface area contributed by atoms with Crippen LogP contribution in [0.25, 0.3) is 0 Å². The number of anilines is 2. The third-order valence-electron chi connectivity index (χ3n) is 1.28. The summed E-state index contributed by atoms with van der Waals surface area (Å²) in [6, 6.07) is 1.18. The molecule has 0 aliphatic carbocycles. The molecule has 0 aliphatic heterocycles. The minimum Gasteiger partial charge on any atom is -0.506 e. The van der Waals surface area contributed by atoms with E-state index in [9.17, 15) is 0 Å². The first-order valence-corrected chi connectivity index (χ1v) is 3.17. The lowest BCUT2D eigenvalue weighted by Crippen LogP contribution is -1.92. The van der Waals surface area contributed by atoms with Gasteiger partial charge in [0.2, 0.25) is 0 Å². The van der Waals surface area contributed by atoms with Gasteiger partial charge in [0, 0.05) is 6.07 Å². The Morgan fingerprint density at radius 2 is 1.82 bits per heavy atom. The number of hydrogen-bond acceptors (Lipinski definition) is 4. The molecule has 6 N–H and O–H groups in total. The van der Waals surface area contributed by atoms with E-state index in [1.54, 1.807) is 0 Å². The molecule has 0 spiro atoms. The largest absolute Gasteiger partial charge is 0.506 e. The fraction of sp³-hybridized carbons (Fsp3) is 0. The number of benzene rings is 1. The average molecular weight is 175 g/mol. The van der Waals surface area contributed by atoms with Crippen LogP contribution in [0.3, 0.4) is 0 Å². The van der Waals surface area contributed by atoms with Gasteiger partial charge in [-0.25, -0.2) is 0 Å². The molecule has 1 aromatic carbocycles. The summed E-state index contributed by atoms with van der Waals surface area (Å²) in [5.41, 5.74) is 10.4. The van der Waals surface area contributed by atoms with Crippen LogP contribution in [0.4, 0.5) is 11.4 Å². The van der Waals surface area contributed by atoms with Crippen LogP contribution < -0.4 is 11.5 Å². The second-order valence-corrected chi connectivity index (χ2v) is 2.44. The number of phenols is 2. The molecule has 0 saturated carbocycles. The van der Waals surface area contributed by atoms with E-state index in [-0.39, 0.29) is 27.9 Å². The number of nitrogen functional groups attached to an aromatic ring is 2. The van der Waals surface area contributed by atoms with Crippen molar-refractivity contribution < 1.29 is 10.2 Å². The van der Waals surface area contributed by atoms with Crippen LogP contribution in [-0.4, -0.2) is 10.2 Å². The molecule has 5 heteroatoms. The number of hydrogen-bond donors (Lipinski definition) is 4.